The maximum Gasteiger partial charge on any atom is 0.267 e. The van der Waals surface area contributed by atoms with Gasteiger partial charge in [-0.05, 0) is 19.9 Å². The number of benzene rings is 1. The van der Waals surface area contributed by atoms with E-state index < -0.39 is 0 Å². The number of anilines is 1. The molecule has 132 valence electrons. The fraction of sp³-hybridized carbons (Fsp3) is 0.389. The number of rotatable bonds is 4. The summed E-state index contributed by atoms with van der Waals surface area (Å²) in [5.41, 5.74) is 1.50. The van der Waals surface area contributed by atoms with Crippen molar-refractivity contribution in [2.75, 3.05) is 18.5 Å². The van der Waals surface area contributed by atoms with Crippen LogP contribution in [-0.4, -0.2) is 29.9 Å². The molecule has 0 bridgehead atoms. The van der Waals surface area contributed by atoms with E-state index in [2.05, 4.69) is 10.3 Å². The molecule has 2 aromatic rings. The van der Waals surface area contributed by atoms with Gasteiger partial charge in [-0.1, -0.05) is 13.8 Å². The number of Topliss-reactive ketones (excluding diaryl/α,β-unsaturated/α-hetero) is 1. The predicted octanol–water partition coefficient (Wildman–Crippen LogP) is 3.80. The van der Waals surface area contributed by atoms with Crippen LogP contribution < -0.4 is 14.8 Å². The van der Waals surface area contributed by atoms with Crippen LogP contribution >= 0.6 is 11.3 Å². The van der Waals surface area contributed by atoms with Crippen molar-refractivity contribution in [2.45, 2.75) is 33.6 Å². The van der Waals surface area contributed by atoms with E-state index in [0.29, 0.717) is 46.5 Å². The van der Waals surface area contributed by atoms with Crippen LogP contribution in [-0.2, 0) is 0 Å². The summed E-state index contributed by atoms with van der Waals surface area (Å²) in [4.78, 5) is 29.7. The van der Waals surface area contributed by atoms with Gasteiger partial charge in [0.1, 0.15) is 18.1 Å². The van der Waals surface area contributed by atoms with E-state index >= 15 is 0 Å². The number of hydrogen-bond donors (Lipinski definition) is 1. The lowest BCUT2D eigenvalue weighted by molar-refractivity contribution is 0.101. The van der Waals surface area contributed by atoms with Gasteiger partial charge in [0.05, 0.1) is 16.4 Å². The zero-order chi connectivity index (χ0) is 18.1. The van der Waals surface area contributed by atoms with E-state index in [-0.39, 0.29) is 17.6 Å². The van der Waals surface area contributed by atoms with Gasteiger partial charge >= 0.3 is 0 Å². The molecule has 0 aliphatic carbocycles. The number of ketones is 1. The summed E-state index contributed by atoms with van der Waals surface area (Å²) >= 11 is 1.37. The standard InChI is InChI=1S/C18H20N2O4S/c1-9(2)18-19-10(3)16(25-18)17(22)20-13-8-15-14(23-5-6-24-15)7-12(13)11(4)21/h7-9H,5-6H2,1-4H3,(H,20,22). The quantitative estimate of drug-likeness (QED) is 0.839. The van der Waals surface area contributed by atoms with Crippen LogP contribution in [0, 0.1) is 6.92 Å². The first kappa shape index (κ1) is 17.4. The number of amides is 1. The van der Waals surface area contributed by atoms with Gasteiger partial charge in [-0.3, -0.25) is 9.59 Å². The fourth-order valence-corrected chi connectivity index (χ4v) is 3.50. The fourth-order valence-electron chi connectivity index (χ4n) is 2.54. The van der Waals surface area contributed by atoms with Gasteiger partial charge in [0.2, 0.25) is 0 Å². The number of hydrogen-bond acceptors (Lipinski definition) is 6. The topological polar surface area (TPSA) is 77.5 Å². The van der Waals surface area contributed by atoms with Gasteiger partial charge in [-0.25, -0.2) is 4.98 Å². The average molecular weight is 360 g/mol. The molecule has 1 aliphatic heterocycles. The van der Waals surface area contributed by atoms with Crippen LogP contribution in [0.3, 0.4) is 0 Å². The van der Waals surface area contributed by atoms with Crippen LogP contribution in [0.5, 0.6) is 11.5 Å². The van der Waals surface area contributed by atoms with Crippen molar-refractivity contribution in [1.82, 2.24) is 4.98 Å². The smallest absolute Gasteiger partial charge is 0.267 e. The van der Waals surface area contributed by atoms with E-state index in [4.69, 9.17) is 9.47 Å². The van der Waals surface area contributed by atoms with Gasteiger partial charge in [0, 0.05) is 17.5 Å². The molecule has 1 N–H and O–H groups in total. The molecule has 1 aromatic heterocycles. The van der Waals surface area contributed by atoms with Crippen LogP contribution in [0.1, 0.15) is 57.4 Å². The van der Waals surface area contributed by atoms with Crippen LogP contribution in [0.15, 0.2) is 12.1 Å². The Kier molecular flexibility index (Phi) is 4.76. The minimum absolute atomic E-state index is 0.156. The molecule has 0 unspecified atom stereocenters. The zero-order valence-electron chi connectivity index (χ0n) is 14.6. The van der Waals surface area contributed by atoms with Crippen LogP contribution in [0.4, 0.5) is 5.69 Å². The number of aromatic nitrogens is 1. The highest BCUT2D eigenvalue weighted by Gasteiger charge is 2.22. The third-order valence-electron chi connectivity index (χ3n) is 3.82. The molecule has 25 heavy (non-hydrogen) atoms. The highest BCUT2D eigenvalue weighted by atomic mass is 32.1. The first-order valence-electron chi connectivity index (χ1n) is 8.10. The summed E-state index contributed by atoms with van der Waals surface area (Å²) in [7, 11) is 0. The van der Waals surface area contributed by atoms with Gasteiger partial charge in [0.25, 0.3) is 5.91 Å². The number of thiazole rings is 1. The Morgan fingerprint density at radius 3 is 2.40 bits per heavy atom. The number of nitrogens with zero attached hydrogens (tertiary/aromatic N) is 1. The van der Waals surface area contributed by atoms with E-state index in [9.17, 15) is 9.59 Å². The summed E-state index contributed by atoms with van der Waals surface area (Å²) in [6.45, 7) is 8.21. The summed E-state index contributed by atoms with van der Waals surface area (Å²) in [6, 6.07) is 3.26. The zero-order valence-corrected chi connectivity index (χ0v) is 15.5. The second-order valence-electron chi connectivity index (χ2n) is 6.17. The highest BCUT2D eigenvalue weighted by Crippen LogP contribution is 2.36. The lowest BCUT2D eigenvalue weighted by Crippen LogP contribution is -2.18. The SMILES string of the molecule is CC(=O)c1cc2c(cc1NC(=O)c1sc(C(C)C)nc1C)OCCO2. The molecule has 0 fully saturated rings. The van der Waals surface area contributed by atoms with Crippen LogP contribution in [0.2, 0.25) is 0 Å². The van der Waals surface area contributed by atoms with E-state index in [0.717, 1.165) is 5.01 Å². The Bertz CT molecular complexity index is 842. The van der Waals surface area contributed by atoms with Gasteiger partial charge in [-0.15, -0.1) is 11.3 Å². The maximum atomic E-state index is 12.7. The van der Waals surface area contributed by atoms with Crippen LogP contribution in [0.25, 0.3) is 0 Å². The minimum atomic E-state index is -0.277. The number of carbonyl (C=O) groups excluding carboxylic acids is 2. The lowest BCUT2D eigenvalue weighted by atomic mass is 10.1. The molecule has 0 saturated carbocycles. The molecule has 0 saturated heterocycles. The first-order valence-corrected chi connectivity index (χ1v) is 8.91. The largest absolute Gasteiger partial charge is 0.486 e. The van der Waals surface area contributed by atoms with Crippen molar-refractivity contribution < 1.29 is 19.1 Å². The predicted molar refractivity (Wildman–Crippen MR) is 96.3 cm³/mol. The Morgan fingerprint density at radius 2 is 1.84 bits per heavy atom. The maximum absolute atomic E-state index is 12.7. The first-order chi connectivity index (χ1) is 11.9. The molecule has 0 spiro atoms. The van der Waals surface area contributed by atoms with Crippen molar-refractivity contribution in [1.29, 1.82) is 0 Å². The molecule has 0 atom stereocenters. The molecular formula is C18H20N2O4S. The third kappa shape index (κ3) is 3.51. The molecule has 0 radical (unpaired) electrons. The number of fused-ring (bicyclic) bond motifs is 1. The molecular weight excluding hydrogens is 340 g/mol. The summed E-state index contributed by atoms with van der Waals surface area (Å²) in [5.74, 6) is 0.866. The van der Waals surface area contributed by atoms with Crippen molar-refractivity contribution in [3.05, 3.63) is 33.3 Å². The number of aryl methyl sites for hydroxylation is 1. The summed E-state index contributed by atoms with van der Waals surface area (Å²) < 4.78 is 11.1. The average Bonchev–Trinajstić information content (AvgIpc) is 2.96. The van der Waals surface area contributed by atoms with Crippen molar-refractivity contribution >= 4 is 28.7 Å². The van der Waals surface area contributed by atoms with Gasteiger partial charge < -0.3 is 14.8 Å². The van der Waals surface area contributed by atoms with E-state index in [1.165, 1.54) is 18.3 Å². The lowest BCUT2D eigenvalue weighted by Gasteiger charge is -2.20. The van der Waals surface area contributed by atoms with E-state index in [1.807, 2.05) is 20.8 Å². The Hall–Kier alpha value is -2.41. The molecule has 1 aliphatic rings. The molecule has 6 nitrogen and oxygen atoms in total. The number of nitrogens with one attached hydrogen (secondary N) is 1. The normalized spacial score (nSPS) is 13.0. The van der Waals surface area contributed by atoms with Gasteiger partial charge in [-0.2, -0.15) is 0 Å². The monoisotopic (exact) mass is 360 g/mol. The van der Waals surface area contributed by atoms with Crippen molar-refractivity contribution in [3.63, 3.8) is 0 Å². The molecule has 7 heteroatoms. The number of carbonyl (C=O) groups is 2. The van der Waals surface area contributed by atoms with Crippen molar-refractivity contribution in [2.24, 2.45) is 0 Å². The highest BCUT2D eigenvalue weighted by molar-refractivity contribution is 7.14. The molecule has 1 amide bonds. The second kappa shape index (κ2) is 6.84. The Balaban J connectivity index is 1.94. The Morgan fingerprint density at radius 1 is 1.20 bits per heavy atom. The minimum Gasteiger partial charge on any atom is -0.486 e. The summed E-state index contributed by atoms with van der Waals surface area (Å²) in [5, 5.41) is 3.74. The van der Waals surface area contributed by atoms with Crippen molar-refractivity contribution in [3.8, 4) is 11.5 Å². The second-order valence-corrected chi connectivity index (χ2v) is 7.20. The Labute approximate surface area is 150 Å². The van der Waals surface area contributed by atoms with E-state index in [1.54, 1.807) is 12.1 Å². The third-order valence-corrected chi connectivity index (χ3v) is 5.28. The molecule has 1 aromatic carbocycles. The summed E-state index contributed by atoms with van der Waals surface area (Å²) in [6.07, 6.45) is 0. The molecule has 2 heterocycles. The molecule has 3 rings (SSSR count). The van der Waals surface area contributed by atoms with Gasteiger partial charge in [0.15, 0.2) is 17.3 Å². The number of ether oxygens (including phenoxy) is 2.